The maximum Gasteiger partial charge on any atom is 0.306 e. The molecule has 0 spiro atoms. The number of methoxy groups -OCH3 is 1. The number of esters is 1. The van der Waals surface area contributed by atoms with Crippen LogP contribution in [-0.2, 0) is 24.8 Å². The Hall–Kier alpha value is -4.13. The largest absolute Gasteiger partial charge is 0.497 e. The molecule has 0 aromatic heterocycles. The van der Waals surface area contributed by atoms with E-state index in [1.807, 2.05) is 6.07 Å². The molecule has 1 aliphatic rings. The number of nitrogens with one attached hydrogen (secondary N) is 2. The van der Waals surface area contributed by atoms with Crippen LogP contribution in [-0.4, -0.2) is 66.6 Å². The number of aliphatic hydroxyl groups is 1. The van der Waals surface area contributed by atoms with E-state index < -0.39 is 29.1 Å². The van der Waals surface area contributed by atoms with Crippen LogP contribution in [0, 0.1) is 5.82 Å². The van der Waals surface area contributed by atoms with Crippen LogP contribution in [0.1, 0.15) is 62.8 Å². The van der Waals surface area contributed by atoms with Gasteiger partial charge in [-0.2, -0.15) is 11.8 Å². The van der Waals surface area contributed by atoms with Crippen molar-refractivity contribution < 1.29 is 38.0 Å². The number of hydrazine groups is 1. The van der Waals surface area contributed by atoms with Gasteiger partial charge in [0.15, 0.2) is 11.6 Å². The molecule has 1 aliphatic heterocycles. The van der Waals surface area contributed by atoms with Gasteiger partial charge in [-0.3, -0.25) is 15.0 Å². The van der Waals surface area contributed by atoms with E-state index in [0.717, 1.165) is 5.56 Å². The molecule has 0 aliphatic carbocycles. The molecule has 2 atom stereocenters. The summed E-state index contributed by atoms with van der Waals surface area (Å²) in [7, 11) is 1.56. The molecule has 0 fully saturated rings. The smallest absolute Gasteiger partial charge is 0.306 e. The predicted molar refractivity (Wildman–Crippen MR) is 184 cm³/mol. The van der Waals surface area contributed by atoms with E-state index in [0.29, 0.717) is 53.7 Å². The summed E-state index contributed by atoms with van der Waals surface area (Å²) in [5, 5.41) is 9.06. The number of hydrogen-bond donors (Lipinski definition) is 3. The molecule has 12 heteroatoms. The topological polar surface area (TPSA) is 128 Å². The second-order valence-electron chi connectivity index (χ2n) is 12.2. The van der Waals surface area contributed by atoms with Crippen LogP contribution in [0.15, 0.2) is 77.8 Å². The lowest BCUT2D eigenvalue weighted by molar-refractivity contribution is -0.155. The molecule has 0 saturated heterocycles. The lowest BCUT2D eigenvalue weighted by Gasteiger charge is -2.31. The van der Waals surface area contributed by atoms with Gasteiger partial charge in [-0.15, -0.1) is 0 Å². The van der Waals surface area contributed by atoms with Crippen LogP contribution in [0.25, 0.3) is 0 Å². The standard InChI is InChI=1S/C36H44FN3O7S/c1-35(2,3)47-31(42)17-18-36(34(43)40-38-19-22-48-24-25-9-13-28(37)14-10-25)32(27-7-5-8-30(23-27)44-4)46-33(39-36)26-11-15-29(16-12-26)45-21-6-20-41/h5,7-16,23,32,38,41H,6,17-22,24H2,1-4H3,(H,40,43)/t32-,36-/m0/s1. The third-order valence-corrected chi connectivity index (χ3v) is 8.34. The summed E-state index contributed by atoms with van der Waals surface area (Å²) in [5.74, 6) is 1.58. The number of carbonyl (C=O) groups is 2. The van der Waals surface area contributed by atoms with Crippen LogP contribution in [0.3, 0.4) is 0 Å². The second-order valence-corrected chi connectivity index (χ2v) is 13.3. The minimum absolute atomic E-state index is 0.00245. The Morgan fingerprint density at radius 1 is 1.06 bits per heavy atom. The van der Waals surface area contributed by atoms with Crippen molar-refractivity contribution in [3.63, 3.8) is 0 Å². The monoisotopic (exact) mass is 681 g/mol. The Morgan fingerprint density at radius 2 is 1.81 bits per heavy atom. The Labute approximate surface area is 285 Å². The zero-order valence-electron chi connectivity index (χ0n) is 27.8. The van der Waals surface area contributed by atoms with Gasteiger partial charge in [0.05, 0.1) is 13.7 Å². The van der Waals surface area contributed by atoms with E-state index in [4.69, 9.17) is 29.0 Å². The van der Waals surface area contributed by atoms with Crippen molar-refractivity contribution in [2.45, 2.75) is 63.0 Å². The summed E-state index contributed by atoms with van der Waals surface area (Å²) in [6.07, 6.45) is -0.477. The Bertz CT molecular complexity index is 1530. The van der Waals surface area contributed by atoms with Crippen molar-refractivity contribution in [3.8, 4) is 11.5 Å². The van der Waals surface area contributed by atoms with Crippen molar-refractivity contribution >= 4 is 29.5 Å². The van der Waals surface area contributed by atoms with Crippen molar-refractivity contribution in [1.29, 1.82) is 0 Å². The Morgan fingerprint density at radius 3 is 2.50 bits per heavy atom. The number of amides is 1. The average molecular weight is 682 g/mol. The van der Waals surface area contributed by atoms with E-state index in [9.17, 15) is 14.0 Å². The van der Waals surface area contributed by atoms with Gasteiger partial charge in [0, 0.05) is 43.1 Å². The van der Waals surface area contributed by atoms with Gasteiger partial charge in [-0.25, -0.2) is 14.8 Å². The quantitative estimate of drug-likeness (QED) is 0.0958. The summed E-state index contributed by atoms with van der Waals surface area (Å²) >= 11 is 1.63. The van der Waals surface area contributed by atoms with Gasteiger partial charge in [-0.05, 0) is 86.8 Å². The van der Waals surface area contributed by atoms with E-state index in [1.165, 1.54) is 12.1 Å². The summed E-state index contributed by atoms with van der Waals surface area (Å²) in [4.78, 5) is 32.1. The molecule has 0 unspecified atom stereocenters. The molecule has 3 aromatic rings. The molecule has 3 N–H and O–H groups in total. The molecule has 0 bridgehead atoms. The molecule has 1 heterocycles. The molecule has 48 heavy (non-hydrogen) atoms. The first kappa shape index (κ1) is 36.7. The second kappa shape index (κ2) is 17.3. The number of thioether (sulfide) groups is 1. The van der Waals surface area contributed by atoms with Gasteiger partial charge >= 0.3 is 5.97 Å². The van der Waals surface area contributed by atoms with Gasteiger partial charge in [0.1, 0.15) is 22.9 Å². The fourth-order valence-corrected chi connectivity index (χ4v) is 5.82. The first-order valence-electron chi connectivity index (χ1n) is 15.8. The van der Waals surface area contributed by atoms with Crippen LogP contribution in [0.2, 0.25) is 0 Å². The van der Waals surface area contributed by atoms with Crippen LogP contribution >= 0.6 is 11.8 Å². The number of halogens is 1. The molecule has 258 valence electrons. The normalized spacial score (nSPS) is 17.3. The van der Waals surface area contributed by atoms with E-state index >= 15 is 0 Å². The highest BCUT2D eigenvalue weighted by molar-refractivity contribution is 7.98. The van der Waals surface area contributed by atoms with Crippen molar-refractivity contribution in [3.05, 3.63) is 95.3 Å². The van der Waals surface area contributed by atoms with Gasteiger partial charge < -0.3 is 24.1 Å². The SMILES string of the molecule is COc1cccc([C@@H]2OC(c3ccc(OCCCO)cc3)=N[C@]2(CCC(=O)OC(C)(C)C)C(=O)NNCCSCc2ccc(F)cc2)c1. The van der Waals surface area contributed by atoms with Gasteiger partial charge in [0.25, 0.3) is 5.91 Å². The van der Waals surface area contributed by atoms with Crippen LogP contribution < -0.4 is 20.3 Å². The third-order valence-electron chi connectivity index (χ3n) is 7.31. The third kappa shape index (κ3) is 10.4. The van der Waals surface area contributed by atoms with Crippen LogP contribution in [0.5, 0.6) is 11.5 Å². The van der Waals surface area contributed by atoms with Crippen LogP contribution in [0.4, 0.5) is 4.39 Å². The fraction of sp³-hybridized carbons (Fsp3) is 0.417. The summed E-state index contributed by atoms with van der Waals surface area (Å²) < 4.78 is 36.4. The highest BCUT2D eigenvalue weighted by atomic mass is 32.2. The molecular weight excluding hydrogens is 637 g/mol. The number of nitrogens with zero attached hydrogens (tertiary/aromatic N) is 1. The Balaban J connectivity index is 1.59. The first-order valence-corrected chi connectivity index (χ1v) is 17.0. The lowest BCUT2D eigenvalue weighted by Crippen LogP contribution is -2.53. The molecule has 10 nitrogen and oxygen atoms in total. The van der Waals surface area contributed by atoms with E-state index in [-0.39, 0.29) is 31.2 Å². The average Bonchev–Trinajstić information content (AvgIpc) is 3.47. The molecule has 1 amide bonds. The van der Waals surface area contributed by atoms with Crippen molar-refractivity contribution in [1.82, 2.24) is 10.9 Å². The minimum Gasteiger partial charge on any atom is -0.497 e. The van der Waals surface area contributed by atoms with Crippen molar-refractivity contribution in [2.75, 3.05) is 32.6 Å². The van der Waals surface area contributed by atoms with Gasteiger partial charge in [-0.1, -0.05) is 24.3 Å². The first-order chi connectivity index (χ1) is 23.0. The number of aliphatic hydroxyl groups excluding tert-OH is 1. The molecule has 0 radical (unpaired) electrons. The van der Waals surface area contributed by atoms with Gasteiger partial charge in [0.2, 0.25) is 5.90 Å². The Kier molecular flexibility index (Phi) is 13.2. The number of aliphatic imine (C=N–C) groups is 1. The number of benzene rings is 3. The molecule has 4 rings (SSSR count). The van der Waals surface area contributed by atoms with E-state index in [1.54, 1.807) is 94.2 Å². The number of hydrogen-bond acceptors (Lipinski definition) is 10. The van der Waals surface area contributed by atoms with E-state index in [2.05, 4.69) is 10.9 Å². The number of ether oxygens (including phenoxy) is 4. The minimum atomic E-state index is -1.55. The predicted octanol–water partition coefficient (Wildman–Crippen LogP) is 5.53. The summed E-state index contributed by atoms with van der Waals surface area (Å²) in [6, 6.07) is 20.7. The summed E-state index contributed by atoms with van der Waals surface area (Å²) in [5.41, 5.74) is 5.84. The zero-order chi connectivity index (χ0) is 34.6. The molecule has 3 aromatic carbocycles. The maximum atomic E-state index is 14.2. The number of carbonyl (C=O) groups excluding carboxylic acids is 2. The fourth-order valence-electron chi connectivity index (χ4n) is 5.00. The molecule has 0 saturated carbocycles. The number of rotatable bonds is 17. The maximum absolute atomic E-state index is 14.2. The zero-order valence-corrected chi connectivity index (χ0v) is 28.6. The summed E-state index contributed by atoms with van der Waals surface area (Å²) in [6.45, 7) is 6.21. The lowest BCUT2D eigenvalue weighted by atomic mass is 9.83. The molecular formula is C36H44FN3O7S. The highest BCUT2D eigenvalue weighted by Crippen LogP contribution is 2.44. The highest BCUT2D eigenvalue weighted by Gasteiger charge is 2.53. The van der Waals surface area contributed by atoms with Crippen molar-refractivity contribution in [2.24, 2.45) is 4.99 Å².